The van der Waals surface area contributed by atoms with Gasteiger partial charge in [-0.1, -0.05) is 17.8 Å². The highest BCUT2D eigenvalue weighted by Crippen LogP contribution is 2.31. The van der Waals surface area contributed by atoms with Crippen molar-refractivity contribution >= 4 is 17.7 Å². The average Bonchev–Trinajstić information content (AvgIpc) is 2.41. The molecule has 6 nitrogen and oxygen atoms in total. The molecule has 1 aromatic heterocycles. The Morgan fingerprint density at radius 2 is 2.20 bits per heavy atom. The number of aromatic amines is 1. The van der Waals surface area contributed by atoms with Gasteiger partial charge in [-0.2, -0.15) is 0 Å². The third-order valence-electron chi connectivity index (χ3n) is 2.64. The molecule has 0 fully saturated rings. The monoisotopic (exact) mass is 292 g/mol. The summed E-state index contributed by atoms with van der Waals surface area (Å²) in [5, 5.41) is 9.48. The van der Waals surface area contributed by atoms with Crippen LogP contribution in [-0.4, -0.2) is 28.2 Å². The molecule has 104 valence electrons. The molecule has 1 aromatic carbocycles. The Bertz CT molecular complexity index is 712. The number of carboxylic acid groups (broad SMARTS) is 1. The highest BCUT2D eigenvalue weighted by Gasteiger charge is 2.13. The number of H-pyrrole nitrogens is 1. The molecule has 2 N–H and O–H groups in total. The van der Waals surface area contributed by atoms with E-state index in [1.54, 1.807) is 25.1 Å². The maximum atomic E-state index is 11.6. The van der Waals surface area contributed by atoms with Crippen molar-refractivity contribution in [3.8, 4) is 5.75 Å². The number of carboxylic acids is 1. The summed E-state index contributed by atoms with van der Waals surface area (Å²) in [6, 6.07) is 5.03. The van der Waals surface area contributed by atoms with Gasteiger partial charge in [-0.05, 0) is 24.6 Å². The van der Waals surface area contributed by atoms with Gasteiger partial charge in [0.15, 0.2) is 5.03 Å². The fourth-order valence-corrected chi connectivity index (χ4v) is 2.54. The van der Waals surface area contributed by atoms with Gasteiger partial charge in [-0.25, -0.2) is 9.78 Å². The fraction of sp³-hybridized carbons (Fsp3) is 0.154. The summed E-state index contributed by atoms with van der Waals surface area (Å²) in [7, 11) is 1.38. The van der Waals surface area contributed by atoms with E-state index in [-0.39, 0.29) is 16.9 Å². The molecule has 0 unspecified atom stereocenters. The van der Waals surface area contributed by atoms with Gasteiger partial charge in [0.25, 0.3) is 5.56 Å². The summed E-state index contributed by atoms with van der Waals surface area (Å²) in [5.41, 5.74) is 0.516. The van der Waals surface area contributed by atoms with E-state index in [2.05, 4.69) is 9.97 Å². The van der Waals surface area contributed by atoms with E-state index in [0.29, 0.717) is 15.5 Å². The lowest BCUT2D eigenvalue weighted by molar-refractivity contribution is 0.0696. The predicted octanol–water partition coefficient (Wildman–Crippen LogP) is 1.94. The lowest BCUT2D eigenvalue weighted by Gasteiger charge is -2.07. The Hall–Kier alpha value is -2.28. The van der Waals surface area contributed by atoms with Gasteiger partial charge in [-0.3, -0.25) is 4.79 Å². The van der Waals surface area contributed by atoms with Gasteiger partial charge in [0.1, 0.15) is 0 Å². The highest BCUT2D eigenvalue weighted by molar-refractivity contribution is 7.99. The van der Waals surface area contributed by atoms with E-state index < -0.39 is 5.97 Å². The van der Waals surface area contributed by atoms with Crippen molar-refractivity contribution in [2.75, 3.05) is 7.11 Å². The molecule has 0 aliphatic heterocycles. The largest absolute Gasteiger partial charge is 0.489 e. The second-order valence-corrected chi connectivity index (χ2v) is 5.02. The first-order valence-electron chi connectivity index (χ1n) is 5.66. The molecule has 0 saturated carbocycles. The zero-order chi connectivity index (χ0) is 14.7. The van der Waals surface area contributed by atoms with Crippen LogP contribution in [0.4, 0.5) is 0 Å². The molecule has 0 saturated heterocycles. The number of ether oxygens (including phenoxy) is 1. The standard InChI is InChI=1S/C13H12N2O4S/c1-7-3-4-8(5-9(7)13(17)18)20-12-10(19-2)11(16)14-6-15-12/h3-6H,1-2H3,(H,17,18)(H,14,15,16). The number of carbonyl (C=O) groups is 1. The van der Waals surface area contributed by atoms with Crippen LogP contribution in [0, 0.1) is 6.92 Å². The van der Waals surface area contributed by atoms with E-state index in [0.717, 1.165) is 0 Å². The normalized spacial score (nSPS) is 10.3. The van der Waals surface area contributed by atoms with Gasteiger partial charge in [0.2, 0.25) is 5.75 Å². The van der Waals surface area contributed by atoms with Crippen molar-refractivity contribution in [3.63, 3.8) is 0 Å². The Morgan fingerprint density at radius 1 is 1.45 bits per heavy atom. The van der Waals surface area contributed by atoms with Crippen molar-refractivity contribution in [1.29, 1.82) is 0 Å². The number of aromatic nitrogens is 2. The highest BCUT2D eigenvalue weighted by atomic mass is 32.2. The molecule has 20 heavy (non-hydrogen) atoms. The molecule has 0 atom stereocenters. The van der Waals surface area contributed by atoms with Crippen LogP contribution in [0.2, 0.25) is 0 Å². The molecule has 0 radical (unpaired) electrons. The lowest BCUT2D eigenvalue weighted by Crippen LogP contribution is -2.10. The molecule has 0 aliphatic carbocycles. The second-order valence-electron chi connectivity index (χ2n) is 3.95. The Labute approximate surface area is 118 Å². The Kier molecular flexibility index (Phi) is 4.09. The second kappa shape index (κ2) is 5.79. The minimum atomic E-state index is -0.990. The van der Waals surface area contributed by atoms with Crippen LogP contribution in [0.15, 0.2) is 39.2 Å². The van der Waals surface area contributed by atoms with E-state index in [1.807, 2.05) is 0 Å². The number of aromatic carboxylic acids is 1. The molecule has 0 aliphatic rings. The first-order valence-corrected chi connectivity index (χ1v) is 6.48. The number of methoxy groups -OCH3 is 1. The quantitative estimate of drug-likeness (QED) is 0.837. The smallest absolute Gasteiger partial charge is 0.335 e. The van der Waals surface area contributed by atoms with Crippen LogP contribution in [0.1, 0.15) is 15.9 Å². The predicted molar refractivity (Wildman–Crippen MR) is 73.7 cm³/mol. The average molecular weight is 292 g/mol. The maximum absolute atomic E-state index is 11.6. The van der Waals surface area contributed by atoms with Gasteiger partial charge < -0.3 is 14.8 Å². The molecule has 0 spiro atoms. The van der Waals surface area contributed by atoms with Gasteiger partial charge in [0.05, 0.1) is 19.0 Å². The van der Waals surface area contributed by atoms with Crippen molar-refractivity contribution in [2.45, 2.75) is 16.8 Å². The molecule has 0 bridgehead atoms. The molecule has 2 rings (SSSR count). The van der Waals surface area contributed by atoms with Crippen LogP contribution >= 0.6 is 11.8 Å². The molecule has 2 aromatic rings. The number of nitrogens with zero attached hydrogens (tertiary/aromatic N) is 1. The zero-order valence-corrected chi connectivity index (χ0v) is 11.7. The van der Waals surface area contributed by atoms with Crippen LogP contribution in [0.5, 0.6) is 5.75 Å². The minimum absolute atomic E-state index is 0.106. The van der Waals surface area contributed by atoms with Gasteiger partial charge in [0, 0.05) is 4.90 Å². The summed E-state index contributed by atoms with van der Waals surface area (Å²) in [4.78, 5) is 29.8. The van der Waals surface area contributed by atoms with Crippen molar-refractivity contribution in [1.82, 2.24) is 9.97 Å². The Morgan fingerprint density at radius 3 is 2.85 bits per heavy atom. The van der Waals surface area contributed by atoms with Crippen LogP contribution in [0.25, 0.3) is 0 Å². The number of aryl methyl sites for hydroxylation is 1. The Balaban J connectivity index is 2.41. The molecular formula is C13H12N2O4S. The summed E-state index contributed by atoms with van der Waals surface area (Å²) < 4.78 is 5.01. The number of hydrogen-bond acceptors (Lipinski definition) is 5. The first kappa shape index (κ1) is 14.1. The third kappa shape index (κ3) is 2.83. The van der Waals surface area contributed by atoms with Gasteiger partial charge >= 0.3 is 5.97 Å². The fourth-order valence-electron chi connectivity index (χ4n) is 1.63. The van der Waals surface area contributed by atoms with E-state index in [9.17, 15) is 9.59 Å². The van der Waals surface area contributed by atoms with Crippen LogP contribution in [-0.2, 0) is 0 Å². The van der Waals surface area contributed by atoms with E-state index in [1.165, 1.54) is 25.2 Å². The lowest BCUT2D eigenvalue weighted by atomic mass is 10.1. The molecule has 7 heteroatoms. The maximum Gasteiger partial charge on any atom is 0.335 e. The molecular weight excluding hydrogens is 280 g/mol. The van der Waals surface area contributed by atoms with Crippen molar-refractivity contribution < 1.29 is 14.6 Å². The number of benzene rings is 1. The topological polar surface area (TPSA) is 92.3 Å². The van der Waals surface area contributed by atoms with Crippen LogP contribution in [0.3, 0.4) is 0 Å². The summed E-state index contributed by atoms with van der Waals surface area (Å²) >= 11 is 1.17. The minimum Gasteiger partial charge on any atom is -0.489 e. The SMILES string of the molecule is COc1c(Sc2ccc(C)c(C(=O)O)c2)nc[nH]c1=O. The number of nitrogens with one attached hydrogen (secondary N) is 1. The van der Waals surface area contributed by atoms with E-state index >= 15 is 0 Å². The van der Waals surface area contributed by atoms with Crippen molar-refractivity contribution in [3.05, 3.63) is 46.0 Å². The number of hydrogen-bond donors (Lipinski definition) is 2. The van der Waals surface area contributed by atoms with E-state index in [4.69, 9.17) is 9.84 Å². The van der Waals surface area contributed by atoms with Gasteiger partial charge in [-0.15, -0.1) is 0 Å². The first-order chi connectivity index (χ1) is 9.52. The van der Waals surface area contributed by atoms with Crippen molar-refractivity contribution in [2.24, 2.45) is 0 Å². The third-order valence-corrected chi connectivity index (χ3v) is 3.61. The summed E-state index contributed by atoms with van der Waals surface area (Å²) in [6.45, 7) is 1.73. The zero-order valence-electron chi connectivity index (χ0n) is 10.8. The summed E-state index contributed by atoms with van der Waals surface area (Å²) in [5.74, 6) is -0.884. The molecule has 1 heterocycles. The van der Waals surface area contributed by atoms with Crippen LogP contribution < -0.4 is 10.3 Å². The summed E-state index contributed by atoms with van der Waals surface area (Å²) in [6.07, 6.45) is 1.28. The molecule has 0 amide bonds. The number of rotatable bonds is 4.